The Morgan fingerprint density at radius 3 is 2.86 bits per heavy atom. The summed E-state index contributed by atoms with van der Waals surface area (Å²) in [5, 5.41) is 4.21. The van der Waals surface area contributed by atoms with E-state index in [1.807, 2.05) is 23.2 Å². The maximum atomic E-state index is 6.01. The average molecular weight is 528 g/mol. The molecule has 4 rings (SSSR count). The standard InChI is InChI=1S/C19H25IN6O2S/c1-2-28-18-14-5-8-26(29-20)17(14)24-19(25-18)23-15(11-21)16(12-3-4-12)22-13-6-9-27-10-7-13/h5,8,11-13H,2-4,6-7,9-10,21H2,1H3,(H,23,24,25). The fraction of sp³-hybridized carbons (Fsp3) is 0.526. The molecule has 0 atom stereocenters. The van der Waals surface area contributed by atoms with E-state index in [4.69, 9.17) is 25.2 Å². The van der Waals surface area contributed by atoms with Crippen molar-refractivity contribution in [3.8, 4) is 5.88 Å². The van der Waals surface area contributed by atoms with E-state index in [1.54, 1.807) is 15.3 Å². The molecule has 10 heteroatoms. The summed E-state index contributed by atoms with van der Waals surface area (Å²) in [6, 6.07) is 2.25. The third-order valence-electron chi connectivity index (χ3n) is 5.00. The fourth-order valence-corrected chi connectivity index (χ4v) is 4.66. The Morgan fingerprint density at radius 2 is 2.21 bits per heavy atom. The van der Waals surface area contributed by atoms with Crippen LogP contribution in [0.15, 0.2) is 29.2 Å². The molecule has 2 aliphatic rings. The fourth-order valence-electron chi connectivity index (χ4n) is 3.40. The van der Waals surface area contributed by atoms with Crippen LogP contribution in [-0.4, -0.2) is 45.5 Å². The van der Waals surface area contributed by atoms with Gasteiger partial charge in [-0.2, -0.15) is 9.97 Å². The number of hydrogen-bond acceptors (Lipinski definition) is 8. The largest absolute Gasteiger partial charge is 0.477 e. The van der Waals surface area contributed by atoms with E-state index in [9.17, 15) is 0 Å². The number of nitrogens with one attached hydrogen (secondary N) is 1. The minimum atomic E-state index is 0.283. The van der Waals surface area contributed by atoms with Crippen LogP contribution in [0.4, 0.5) is 5.95 Å². The minimum absolute atomic E-state index is 0.283. The molecule has 29 heavy (non-hydrogen) atoms. The second-order valence-electron chi connectivity index (χ2n) is 7.07. The summed E-state index contributed by atoms with van der Waals surface area (Å²) in [7, 11) is 1.55. The second-order valence-corrected chi connectivity index (χ2v) is 8.78. The first kappa shape index (κ1) is 20.7. The molecule has 2 aromatic rings. The minimum Gasteiger partial charge on any atom is -0.477 e. The number of allylic oxidation sites excluding steroid dienone is 1. The lowest BCUT2D eigenvalue weighted by atomic mass is 10.1. The molecular weight excluding hydrogens is 503 g/mol. The average Bonchev–Trinajstić information content (AvgIpc) is 3.50. The van der Waals surface area contributed by atoms with E-state index in [2.05, 4.69) is 31.5 Å². The molecule has 156 valence electrons. The normalized spacial score (nSPS) is 19.0. The van der Waals surface area contributed by atoms with Gasteiger partial charge in [0, 0.05) is 61.9 Å². The van der Waals surface area contributed by atoms with Crippen molar-refractivity contribution in [2.75, 3.05) is 25.1 Å². The van der Waals surface area contributed by atoms with Crippen molar-refractivity contribution in [2.45, 2.75) is 38.6 Å². The van der Waals surface area contributed by atoms with Crippen LogP contribution in [0.1, 0.15) is 32.6 Å². The topological polar surface area (TPSA) is 99.6 Å². The van der Waals surface area contributed by atoms with E-state index in [1.165, 1.54) is 0 Å². The predicted octanol–water partition coefficient (Wildman–Crippen LogP) is 3.92. The van der Waals surface area contributed by atoms with Gasteiger partial charge in [0.05, 0.1) is 29.4 Å². The predicted molar refractivity (Wildman–Crippen MR) is 126 cm³/mol. The molecule has 1 saturated heterocycles. The Hall–Kier alpha value is -1.53. The molecule has 1 saturated carbocycles. The number of aliphatic imine (C=N–C) groups is 1. The van der Waals surface area contributed by atoms with Crippen molar-refractivity contribution in [1.29, 1.82) is 0 Å². The van der Waals surface area contributed by atoms with Crippen LogP contribution < -0.4 is 15.8 Å². The summed E-state index contributed by atoms with van der Waals surface area (Å²) >= 11 is 2.23. The molecule has 0 unspecified atom stereocenters. The van der Waals surface area contributed by atoms with E-state index in [-0.39, 0.29) is 6.04 Å². The number of anilines is 1. The summed E-state index contributed by atoms with van der Waals surface area (Å²) in [5.41, 5.74) is 8.62. The molecule has 0 aromatic carbocycles. The Morgan fingerprint density at radius 1 is 1.41 bits per heavy atom. The van der Waals surface area contributed by atoms with Crippen LogP contribution >= 0.6 is 30.3 Å². The summed E-state index contributed by atoms with van der Waals surface area (Å²) in [6.07, 6.45) is 7.72. The van der Waals surface area contributed by atoms with Gasteiger partial charge >= 0.3 is 0 Å². The van der Waals surface area contributed by atoms with Gasteiger partial charge in [-0.05, 0) is 38.7 Å². The number of halogens is 1. The van der Waals surface area contributed by atoms with Gasteiger partial charge < -0.3 is 20.5 Å². The van der Waals surface area contributed by atoms with Gasteiger partial charge in [-0.15, -0.1) is 0 Å². The van der Waals surface area contributed by atoms with E-state index in [0.717, 1.165) is 61.3 Å². The van der Waals surface area contributed by atoms with Crippen LogP contribution in [0.25, 0.3) is 11.0 Å². The van der Waals surface area contributed by atoms with Crippen LogP contribution in [0.5, 0.6) is 5.88 Å². The molecule has 2 fully saturated rings. The zero-order valence-electron chi connectivity index (χ0n) is 16.3. The zero-order chi connectivity index (χ0) is 20.2. The maximum Gasteiger partial charge on any atom is 0.232 e. The Kier molecular flexibility index (Phi) is 6.81. The van der Waals surface area contributed by atoms with E-state index in [0.29, 0.717) is 24.4 Å². The van der Waals surface area contributed by atoms with E-state index < -0.39 is 0 Å². The number of rotatable bonds is 8. The Labute approximate surface area is 186 Å². The number of nitrogens with zero attached hydrogens (tertiary/aromatic N) is 4. The van der Waals surface area contributed by atoms with Gasteiger partial charge in [0.1, 0.15) is 0 Å². The van der Waals surface area contributed by atoms with Gasteiger partial charge in [0.15, 0.2) is 5.65 Å². The second kappa shape index (κ2) is 9.52. The number of fused-ring (bicyclic) bond motifs is 1. The van der Waals surface area contributed by atoms with Crippen LogP contribution in [0, 0.1) is 5.92 Å². The molecule has 0 amide bonds. The summed E-state index contributed by atoms with van der Waals surface area (Å²) in [5.74, 6) is 1.47. The van der Waals surface area contributed by atoms with Crippen molar-refractivity contribution in [1.82, 2.24) is 13.9 Å². The lowest BCUT2D eigenvalue weighted by Gasteiger charge is -2.21. The molecule has 3 N–H and O–H groups in total. The monoisotopic (exact) mass is 528 g/mol. The molecule has 3 heterocycles. The molecule has 1 aliphatic heterocycles. The van der Waals surface area contributed by atoms with Crippen molar-refractivity contribution in [3.05, 3.63) is 24.2 Å². The number of nitrogens with two attached hydrogens (primary N) is 1. The molecule has 0 bridgehead atoms. The summed E-state index contributed by atoms with van der Waals surface area (Å²) in [6.45, 7) is 4.02. The van der Waals surface area contributed by atoms with Crippen LogP contribution in [0.3, 0.4) is 0 Å². The molecule has 2 aromatic heterocycles. The Balaban J connectivity index is 1.65. The number of hydrogen-bond donors (Lipinski definition) is 2. The first-order valence-electron chi connectivity index (χ1n) is 9.89. The summed E-state index contributed by atoms with van der Waals surface area (Å²) in [4.78, 5) is 14.3. The van der Waals surface area contributed by atoms with Crippen LogP contribution in [0.2, 0.25) is 0 Å². The molecule has 0 spiro atoms. The molecule has 8 nitrogen and oxygen atoms in total. The van der Waals surface area contributed by atoms with Gasteiger partial charge in [-0.3, -0.25) is 8.96 Å². The van der Waals surface area contributed by atoms with Gasteiger partial charge in [-0.25, -0.2) is 0 Å². The van der Waals surface area contributed by atoms with Crippen molar-refractivity contribution >= 4 is 53.0 Å². The highest BCUT2D eigenvalue weighted by atomic mass is 127. The molecular formula is C19H25IN6O2S. The summed E-state index contributed by atoms with van der Waals surface area (Å²) < 4.78 is 13.2. The molecule has 0 radical (unpaired) electrons. The van der Waals surface area contributed by atoms with Crippen molar-refractivity contribution < 1.29 is 9.47 Å². The van der Waals surface area contributed by atoms with E-state index >= 15 is 0 Å². The zero-order valence-corrected chi connectivity index (χ0v) is 19.3. The highest BCUT2D eigenvalue weighted by Crippen LogP contribution is 2.35. The van der Waals surface area contributed by atoms with Crippen molar-refractivity contribution in [3.63, 3.8) is 0 Å². The maximum absolute atomic E-state index is 6.01. The van der Waals surface area contributed by atoms with Crippen LogP contribution in [-0.2, 0) is 4.74 Å². The van der Waals surface area contributed by atoms with Crippen molar-refractivity contribution in [2.24, 2.45) is 16.6 Å². The highest BCUT2D eigenvalue weighted by molar-refractivity contribution is 14.2. The SMILES string of the molecule is CCOc1nc(NC(=CN)C(=NC2CCOCC2)C2CC2)nc2c1ccn2SI. The number of ether oxygens (including phenoxy) is 2. The quantitative estimate of drug-likeness (QED) is 0.396. The Bertz CT molecular complexity index is 921. The van der Waals surface area contributed by atoms with Gasteiger partial charge in [0.2, 0.25) is 11.8 Å². The number of aromatic nitrogens is 3. The lowest BCUT2D eigenvalue weighted by Crippen LogP contribution is -2.24. The molecule has 1 aliphatic carbocycles. The third-order valence-corrected chi connectivity index (χ3v) is 6.71. The smallest absolute Gasteiger partial charge is 0.232 e. The third kappa shape index (κ3) is 4.80. The van der Waals surface area contributed by atoms with Gasteiger partial charge in [-0.1, -0.05) is 0 Å². The highest BCUT2D eigenvalue weighted by Gasteiger charge is 2.31. The first-order valence-corrected chi connectivity index (χ1v) is 13.2. The first-order chi connectivity index (χ1) is 14.2. The lowest BCUT2D eigenvalue weighted by molar-refractivity contribution is 0.0870. The van der Waals surface area contributed by atoms with Gasteiger partial charge in [0.25, 0.3) is 0 Å².